The maximum absolute atomic E-state index is 12.5. The van der Waals surface area contributed by atoms with Crippen LogP contribution in [0.5, 0.6) is 0 Å². The van der Waals surface area contributed by atoms with Gasteiger partial charge >= 0.3 is 0 Å². The standard InChI is InChI=1S/C17H24N4OS/c1-11-14-9-15(16(22)19-12-7-8-18-10-12)23-17(14)21(20-11)13-5-3-2-4-6-13/h9,12-13,18H,2-8,10H2,1H3,(H,19,22). The second-order valence-electron chi connectivity index (χ2n) is 6.81. The van der Waals surface area contributed by atoms with Gasteiger partial charge in [0.1, 0.15) is 4.83 Å². The van der Waals surface area contributed by atoms with Gasteiger partial charge in [0, 0.05) is 18.0 Å². The largest absolute Gasteiger partial charge is 0.347 e. The van der Waals surface area contributed by atoms with E-state index >= 15 is 0 Å². The molecular formula is C17H24N4OS. The number of aromatic nitrogens is 2. The summed E-state index contributed by atoms with van der Waals surface area (Å²) in [5, 5.41) is 12.3. The van der Waals surface area contributed by atoms with E-state index in [4.69, 9.17) is 5.10 Å². The molecule has 124 valence electrons. The van der Waals surface area contributed by atoms with Crippen molar-refractivity contribution < 1.29 is 4.79 Å². The normalized spacial score (nSPS) is 22.7. The van der Waals surface area contributed by atoms with Gasteiger partial charge in [0.15, 0.2) is 0 Å². The van der Waals surface area contributed by atoms with Crippen molar-refractivity contribution in [3.8, 4) is 0 Å². The van der Waals surface area contributed by atoms with Crippen molar-refractivity contribution in [2.45, 2.75) is 57.5 Å². The second kappa shape index (κ2) is 6.24. The predicted molar refractivity (Wildman–Crippen MR) is 93.2 cm³/mol. The fourth-order valence-electron chi connectivity index (χ4n) is 3.79. The highest BCUT2D eigenvalue weighted by Crippen LogP contribution is 2.35. The van der Waals surface area contributed by atoms with Crippen LogP contribution >= 0.6 is 11.3 Å². The highest BCUT2D eigenvalue weighted by Gasteiger charge is 2.24. The van der Waals surface area contributed by atoms with E-state index in [1.807, 2.05) is 6.07 Å². The summed E-state index contributed by atoms with van der Waals surface area (Å²) in [5.74, 6) is 0.0643. The molecule has 3 heterocycles. The average molecular weight is 332 g/mol. The van der Waals surface area contributed by atoms with Gasteiger partial charge in [0.05, 0.1) is 16.6 Å². The molecule has 4 rings (SSSR count). The summed E-state index contributed by atoms with van der Waals surface area (Å²) in [6.07, 6.45) is 7.36. The lowest BCUT2D eigenvalue weighted by Gasteiger charge is -2.22. The topological polar surface area (TPSA) is 59.0 Å². The molecule has 2 N–H and O–H groups in total. The highest BCUT2D eigenvalue weighted by molar-refractivity contribution is 7.20. The van der Waals surface area contributed by atoms with Crippen LogP contribution < -0.4 is 10.6 Å². The number of nitrogens with one attached hydrogen (secondary N) is 2. The second-order valence-corrected chi connectivity index (χ2v) is 7.85. The molecule has 5 nitrogen and oxygen atoms in total. The Bertz CT molecular complexity index is 708. The number of amides is 1. The fraction of sp³-hybridized carbons (Fsp3) is 0.647. The Morgan fingerprint density at radius 3 is 2.91 bits per heavy atom. The zero-order chi connectivity index (χ0) is 15.8. The Balaban J connectivity index is 1.60. The van der Waals surface area contributed by atoms with Crippen LogP contribution in [0.1, 0.15) is 59.9 Å². The van der Waals surface area contributed by atoms with E-state index in [-0.39, 0.29) is 11.9 Å². The zero-order valence-electron chi connectivity index (χ0n) is 13.6. The number of rotatable bonds is 3. The lowest BCUT2D eigenvalue weighted by atomic mass is 9.96. The summed E-state index contributed by atoms with van der Waals surface area (Å²) in [5.41, 5.74) is 1.04. The number of carbonyl (C=O) groups is 1. The fourth-order valence-corrected chi connectivity index (χ4v) is 4.93. The molecule has 0 radical (unpaired) electrons. The number of fused-ring (bicyclic) bond motifs is 1. The zero-order valence-corrected chi connectivity index (χ0v) is 14.4. The molecule has 2 fully saturated rings. The molecule has 1 saturated carbocycles. The van der Waals surface area contributed by atoms with Crippen molar-refractivity contribution in [2.75, 3.05) is 13.1 Å². The Hall–Kier alpha value is -1.40. The molecule has 1 aliphatic heterocycles. The molecule has 0 spiro atoms. The quantitative estimate of drug-likeness (QED) is 0.908. The summed E-state index contributed by atoms with van der Waals surface area (Å²) < 4.78 is 2.20. The molecule has 0 bridgehead atoms. The molecule has 1 amide bonds. The van der Waals surface area contributed by atoms with Crippen LogP contribution in [0.15, 0.2) is 6.07 Å². The third kappa shape index (κ3) is 2.90. The van der Waals surface area contributed by atoms with Crippen molar-refractivity contribution in [2.24, 2.45) is 0 Å². The number of hydrogen-bond donors (Lipinski definition) is 2. The highest BCUT2D eigenvalue weighted by atomic mass is 32.1. The summed E-state index contributed by atoms with van der Waals surface area (Å²) in [4.78, 5) is 14.5. The maximum Gasteiger partial charge on any atom is 0.261 e. The van der Waals surface area contributed by atoms with Gasteiger partial charge < -0.3 is 10.6 Å². The summed E-state index contributed by atoms with van der Waals surface area (Å²) >= 11 is 1.60. The van der Waals surface area contributed by atoms with Gasteiger partial charge in [-0.2, -0.15) is 5.10 Å². The van der Waals surface area contributed by atoms with Gasteiger partial charge in [-0.15, -0.1) is 11.3 Å². The Kier molecular flexibility index (Phi) is 4.11. The summed E-state index contributed by atoms with van der Waals surface area (Å²) in [6.45, 7) is 3.93. The molecule has 6 heteroatoms. The molecular weight excluding hydrogens is 308 g/mol. The third-order valence-corrected chi connectivity index (χ3v) is 6.23. The van der Waals surface area contributed by atoms with Crippen LogP contribution in [0.3, 0.4) is 0 Å². The van der Waals surface area contributed by atoms with Crippen molar-refractivity contribution >= 4 is 27.5 Å². The van der Waals surface area contributed by atoms with Gasteiger partial charge in [-0.05, 0) is 38.8 Å². The van der Waals surface area contributed by atoms with Crippen molar-refractivity contribution in [3.63, 3.8) is 0 Å². The van der Waals surface area contributed by atoms with Gasteiger partial charge in [0.2, 0.25) is 0 Å². The average Bonchev–Trinajstić information content (AvgIpc) is 3.27. The number of aryl methyl sites for hydroxylation is 1. The number of carbonyl (C=O) groups excluding carboxylic acids is 1. The van der Waals surface area contributed by atoms with Crippen LogP contribution in [-0.2, 0) is 0 Å². The molecule has 1 atom stereocenters. The first-order chi connectivity index (χ1) is 11.2. The Labute approximate surface area is 140 Å². The first-order valence-electron chi connectivity index (χ1n) is 8.72. The lowest BCUT2D eigenvalue weighted by Crippen LogP contribution is -2.35. The minimum Gasteiger partial charge on any atom is -0.347 e. The van der Waals surface area contributed by atoms with Gasteiger partial charge in [-0.3, -0.25) is 9.48 Å². The molecule has 2 aliphatic rings. The van der Waals surface area contributed by atoms with E-state index in [9.17, 15) is 4.79 Å². The molecule has 0 aromatic carbocycles. The lowest BCUT2D eigenvalue weighted by molar-refractivity contribution is 0.0944. The Morgan fingerprint density at radius 1 is 1.35 bits per heavy atom. The van der Waals surface area contributed by atoms with E-state index in [0.29, 0.717) is 6.04 Å². The van der Waals surface area contributed by atoms with Crippen molar-refractivity contribution in [1.29, 1.82) is 0 Å². The van der Waals surface area contributed by atoms with Crippen LogP contribution in [-0.4, -0.2) is 34.8 Å². The smallest absolute Gasteiger partial charge is 0.261 e. The number of nitrogens with zero attached hydrogens (tertiary/aromatic N) is 2. The minimum atomic E-state index is 0.0643. The van der Waals surface area contributed by atoms with E-state index < -0.39 is 0 Å². The molecule has 23 heavy (non-hydrogen) atoms. The summed E-state index contributed by atoms with van der Waals surface area (Å²) in [6, 6.07) is 2.80. The molecule has 1 unspecified atom stereocenters. The number of thiophene rings is 1. The number of hydrogen-bond acceptors (Lipinski definition) is 4. The SMILES string of the molecule is Cc1nn(C2CCCCC2)c2sc(C(=O)NC3CCNC3)cc12. The maximum atomic E-state index is 12.5. The van der Waals surface area contributed by atoms with E-state index in [0.717, 1.165) is 35.5 Å². The molecule has 2 aromatic heterocycles. The summed E-state index contributed by atoms with van der Waals surface area (Å²) in [7, 11) is 0. The minimum absolute atomic E-state index is 0.0643. The molecule has 2 aromatic rings. The van der Waals surface area contributed by atoms with Gasteiger partial charge in [-0.25, -0.2) is 0 Å². The monoisotopic (exact) mass is 332 g/mol. The van der Waals surface area contributed by atoms with Crippen molar-refractivity contribution in [3.05, 3.63) is 16.6 Å². The molecule has 1 saturated heterocycles. The first-order valence-corrected chi connectivity index (χ1v) is 9.54. The van der Waals surface area contributed by atoms with Crippen LogP contribution in [0.4, 0.5) is 0 Å². The van der Waals surface area contributed by atoms with Gasteiger partial charge in [0.25, 0.3) is 5.91 Å². The van der Waals surface area contributed by atoms with E-state index in [1.54, 1.807) is 11.3 Å². The van der Waals surface area contributed by atoms with Crippen LogP contribution in [0.25, 0.3) is 10.2 Å². The van der Waals surface area contributed by atoms with Crippen LogP contribution in [0.2, 0.25) is 0 Å². The van der Waals surface area contributed by atoms with Gasteiger partial charge in [-0.1, -0.05) is 19.3 Å². The first kappa shape index (κ1) is 15.1. The van der Waals surface area contributed by atoms with E-state index in [2.05, 4.69) is 22.2 Å². The van der Waals surface area contributed by atoms with Crippen LogP contribution in [0, 0.1) is 6.92 Å². The molecule has 1 aliphatic carbocycles. The van der Waals surface area contributed by atoms with Crippen molar-refractivity contribution in [1.82, 2.24) is 20.4 Å². The Morgan fingerprint density at radius 2 is 2.17 bits per heavy atom. The third-order valence-electron chi connectivity index (χ3n) is 5.11. The van der Waals surface area contributed by atoms with E-state index in [1.165, 1.54) is 36.9 Å². The predicted octanol–water partition coefficient (Wildman–Crippen LogP) is 3.00.